The van der Waals surface area contributed by atoms with Crippen LogP contribution in [0.25, 0.3) is 0 Å². The molecule has 6 nitrogen and oxygen atoms in total. The molecule has 1 heterocycles. The van der Waals surface area contributed by atoms with E-state index in [9.17, 15) is 0 Å². The lowest BCUT2D eigenvalue weighted by Crippen LogP contribution is -2.34. The van der Waals surface area contributed by atoms with Gasteiger partial charge in [-0.25, -0.2) is 10.8 Å². The summed E-state index contributed by atoms with van der Waals surface area (Å²) in [5.74, 6) is 6.32. The molecule has 0 aliphatic heterocycles. The molecule has 0 atom stereocenters. The van der Waals surface area contributed by atoms with E-state index in [0.29, 0.717) is 18.3 Å². The number of halogens is 1. The van der Waals surface area contributed by atoms with E-state index in [4.69, 9.17) is 10.9 Å². The van der Waals surface area contributed by atoms with Crippen molar-refractivity contribution in [1.82, 2.24) is 9.97 Å². The summed E-state index contributed by atoms with van der Waals surface area (Å²) in [6, 6.07) is 0.226. The highest BCUT2D eigenvalue weighted by molar-refractivity contribution is 9.10. The minimum absolute atomic E-state index is 0.0695. The van der Waals surface area contributed by atoms with Gasteiger partial charge in [-0.3, -0.25) is 5.43 Å². The third-order valence-corrected chi connectivity index (χ3v) is 2.65. The number of hydrogen-bond donors (Lipinski definition) is 3. The molecule has 0 aliphatic rings. The second kappa shape index (κ2) is 5.97. The Morgan fingerprint density at radius 1 is 1.62 bits per heavy atom. The van der Waals surface area contributed by atoms with Crippen molar-refractivity contribution in [2.75, 3.05) is 23.5 Å². The second-order valence-electron chi connectivity index (χ2n) is 3.52. The Hall–Kier alpha value is -0.920. The minimum atomic E-state index is 0.0695. The summed E-state index contributed by atoms with van der Waals surface area (Å²) in [5.41, 5.74) is 2.40. The quantitative estimate of drug-likeness (QED) is 0.547. The number of nitrogens with one attached hydrogen (secondary N) is 1. The lowest BCUT2D eigenvalue weighted by atomic mass is 10.3. The van der Waals surface area contributed by atoms with Crippen molar-refractivity contribution in [1.29, 1.82) is 0 Å². The fourth-order valence-corrected chi connectivity index (χ4v) is 1.76. The largest absolute Gasteiger partial charge is 0.395 e. The van der Waals surface area contributed by atoms with Crippen molar-refractivity contribution in [3.8, 4) is 0 Å². The molecule has 0 saturated heterocycles. The van der Waals surface area contributed by atoms with Crippen LogP contribution in [0.2, 0.25) is 0 Å². The van der Waals surface area contributed by atoms with E-state index in [2.05, 4.69) is 31.3 Å². The van der Waals surface area contributed by atoms with Crippen molar-refractivity contribution in [2.45, 2.75) is 19.9 Å². The zero-order valence-electron chi connectivity index (χ0n) is 9.31. The summed E-state index contributed by atoms with van der Waals surface area (Å²) in [5, 5.41) is 9.02. The fraction of sp³-hybridized carbons (Fsp3) is 0.556. The van der Waals surface area contributed by atoms with Gasteiger partial charge in [0.25, 0.3) is 0 Å². The van der Waals surface area contributed by atoms with E-state index >= 15 is 0 Å². The molecule has 16 heavy (non-hydrogen) atoms. The number of nitrogen functional groups attached to an aromatic ring is 1. The van der Waals surface area contributed by atoms with E-state index in [0.717, 1.165) is 4.47 Å². The summed E-state index contributed by atoms with van der Waals surface area (Å²) in [6.07, 6.45) is 1.63. The first-order valence-electron chi connectivity index (χ1n) is 4.96. The van der Waals surface area contributed by atoms with Crippen LogP contribution >= 0.6 is 15.9 Å². The Morgan fingerprint density at radius 2 is 2.31 bits per heavy atom. The molecule has 0 aliphatic carbocycles. The number of aliphatic hydroxyl groups excluding tert-OH is 1. The van der Waals surface area contributed by atoms with Crippen molar-refractivity contribution < 1.29 is 5.11 Å². The van der Waals surface area contributed by atoms with Gasteiger partial charge in [0.2, 0.25) is 5.95 Å². The topological polar surface area (TPSA) is 87.3 Å². The molecular weight excluding hydrogens is 274 g/mol. The van der Waals surface area contributed by atoms with E-state index in [1.165, 1.54) is 0 Å². The summed E-state index contributed by atoms with van der Waals surface area (Å²) < 4.78 is 0.772. The first-order valence-corrected chi connectivity index (χ1v) is 5.76. The number of anilines is 2. The Balaban J connectivity index is 3.06. The lowest BCUT2D eigenvalue weighted by Gasteiger charge is -2.27. The van der Waals surface area contributed by atoms with Crippen molar-refractivity contribution >= 4 is 27.7 Å². The van der Waals surface area contributed by atoms with Crippen molar-refractivity contribution in [3.05, 3.63) is 10.7 Å². The number of nitrogens with zero attached hydrogens (tertiary/aromatic N) is 3. The Kier molecular flexibility index (Phi) is 4.91. The van der Waals surface area contributed by atoms with Gasteiger partial charge in [0.15, 0.2) is 0 Å². The SMILES string of the molecule is CC(C)N(CCO)c1nc(NN)ncc1Br. The van der Waals surface area contributed by atoms with Gasteiger partial charge in [-0.2, -0.15) is 4.98 Å². The molecule has 7 heteroatoms. The molecule has 0 spiro atoms. The van der Waals surface area contributed by atoms with Crippen molar-refractivity contribution in [2.24, 2.45) is 5.84 Å². The average Bonchev–Trinajstić information content (AvgIpc) is 2.27. The number of nitrogens with two attached hydrogens (primary N) is 1. The van der Waals surface area contributed by atoms with E-state index in [1.54, 1.807) is 6.20 Å². The van der Waals surface area contributed by atoms with Gasteiger partial charge in [-0.15, -0.1) is 0 Å². The Morgan fingerprint density at radius 3 is 2.81 bits per heavy atom. The normalized spacial score (nSPS) is 10.6. The Labute approximate surface area is 103 Å². The van der Waals surface area contributed by atoms with Gasteiger partial charge >= 0.3 is 0 Å². The summed E-state index contributed by atoms with van der Waals surface area (Å²) in [6.45, 7) is 4.64. The van der Waals surface area contributed by atoms with Gasteiger partial charge < -0.3 is 10.0 Å². The standard InChI is InChI=1S/C9H16BrN5O/c1-6(2)15(3-4-16)8-7(10)5-12-9(13-8)14-11/h5-6,16H,3-4,11H2,1-2H3,(H,12,13,14). The van der Waals surface area contributed by atoms with Gasteiger partial charge in [-0.1, -0.05) is 0 Å². The van der Waals surface area contributed by atoms with E-state index in [-0.39, 0.29) is 12.6 Å². The van der Waals surface area contributed by atoms with Gasteiger partial charge in [0.05, 0.1) is 11.1 Å². The highest BCUT2D eigenvalue weighted by Gasteiger charge is 2.15. The van der Waals surface area contributed by atoms with Gasteiger partial charge in [-0.05, 0) is 29.8 Å². The monoisotopic (exact) mass is 289 g/mol. The molecule has 0 aromatic carbocycles. The third-order valence-electron chi connectivity index (χ3n) is 2.09. The Bertz CT molecular complexity index is 347. The molecule has 1 aromatic heterocycles. The zero-order valence-corrected chi connectivity index (χ0v) is 10.9. The molecule has 0 bridgehead atoms. The van der Waals surface area contributed by atoms with Crippen LogP contribution in [0.3, 0.4) is 0 Å². The molecule has 0 unspecified atom stereocenters. The molecule has 90 valence electrons. The van der Waals surface area contributed by atoms with Crippen LogP contribution in [0.15, 0.2) is 10.7 Å². The number of hydrazine groups is 1. The maximum Gasteiger partial charge on any atom is 0.239 e. The van der Waals surface area contributed by atoms with Crippen LogP contribution in [0.5, 0.6) is 0 Å². The highest BCUT2D eigenvalue weighted by atomic mass is 79.9. The van der Waals surface area contributed by atoms with Gasteiger partial charge in [0.1, 0.15) is 5.82 Å². The third kappa shape index (κ3) is 3.03. The summed E-state index contributed by atoms with van der Waals surface area (Å²) >= 11 is 3.38. The predicted molar refractivity (Wildman–Crippen MR) is 67.1 cm³/mol. The fourth-order valence-electron chi connectivity index (χ4n) is 1.35. The maximum absolute atomic E-state index is 9.02. The lowest BCUT2D eigenvalue weighted by molar-refractivity contribution is 0.298. The molecule has 0 saturated carbocycles. The minimum Gasteiger partial charge on any atom is -0.395 e. The molecule has 4 N–H and O–H groups in total. The van der Waals surface area contributed by atoms with E-state index in [1.807, 2.05) is 18.7 Å². The van der Waals surface area contributed by atoms with Crippen LogP contribution < -0.4 is 16.2 Å². The molecule has 1 aromatic rings. The van der Waals surface area contributed by atoms with Gasteiger partial charge in [0, 0.05) is 18.8 Å². The van der Waals surface area contributed by atoms with Crippen LogP contribution in [-0.4, -0.2) is 34.3 Å². The highest BCUT2D eigenvalue weighted by Crippen LogP contribution is 2.25. The van der Waals surface area contributed by atoms with E-state index < -0.39 is 0 Å². The van der Waals surface area contributed by atoms with Crippen LogP contribution in [0.1, 0.15) is 13.8 Å². The summed E-state index contributed by atoms with van der Waals surface area (Å²) in [7, 11) is 0. The molecule has 0 fully saturated rings. The smallest absolute Gasteiger partial charge is 0.239 e. The second-order valence-corrected chi connectivity index (χ2v) is 4.37. The maximum atomic E-state index is 9.02. The van der Waals surface area contributed by atoms with Crippen molar-refractivity contribution in [3.63, 3.8) is 0 Å². The molecule has 0 radical (unpaired) electrons. The number of aliphatic hydroxyl groups is 1. The van der Waals surface area contributed by atoms with Crippen LogP contribution in [0.4, 0.5) is 11.8 Å². The first-order chi connectivity index (χ1) is 7.60. The molecule has 1 rings (SSSR count). The number of aromatic nitrogens is 2. The molecule has 0 amide bonds. The van der Waals surface area contributed by atoms with Crippen LogP contribution in [-0.2, 0) is 0 Å². The number of rotatable bonds is 5. The summed E-state index contributed by atoms with van der Waals surface area (Å²) in [4.78, 5) is 10.2. The van der Waals surface area contributed by atoms with Crippen LogP contribution in [0, 0.1) is 0 Å². The molecular formula is C9H16BrN5O. The number of hydrogen-bond acceptors (Lipinski definition) is 6. The predicted octanol–water partition coefficient (Wildman–Crippen LogP) is 0.732. The zero-order chi connectivity index (χ0) is 12.1. The first kappa shape index (κ1) is 13.1. The average molecular weight is 290 g/mol.